The molecule has 0 radical (unpaired) electrons. The Morgan fingerprint density at radius 3 is 2.69 bits per heavy atom. The van der Waals surface area contributed by atoms with Gasteiger partial charge in [0.1, 0.15) is 0 Å². The largest absolute Gasteiger partial charge is 0.345 e. The summed E-state index contributed by atoms with van der Waals surface area (Å²) >= 11 is 8.62. The zero-order valence-corrected chi connectivity index (χ0v) is 11.1. The summed E-state index contributed by atoms with van der Waals surface area (Å²) in [6.07, 6.45) is 0. The Morgan fingerprint density at radius 2 is 2.12 bits per heavy atom. The topological polar surface area (TPSA) is 46.2 Å². The second-order valence-corrected chi connectivity index (χ2v) is 4.46. The minimum Gasteiger partial charge on any atom is -0.345 e. The third-order valence-corrected chi connectivity index (χ3v) is 2.92. The zero-order chi connectivity index (χ0) is 12.1. The van der Waals surface area contributed by atoms with E-state index in [0.717, 1.165) is 5.56 Å². The number of amides is 1. The molecular formula is C11H11BrClNO2. The lowest BCUT2D eigenvalue weighted by Gasteiger charge is -2.06. The van der Waals surface area contributed by atoms with Crippen molar-refractivity contribution in [3.8, 4) is 0 Å². The van der Waals surface area contributed by atoms with Gasteiger partial charge >= 0.3 is 0 Å². The van der Waals surface area contributed by atoms with Gasteiger partial charge in [0, 0.05) is 4.47 Å². The molecular weight excluding hydrogens is 293 g/mol. The Labute approximate surface area is 107 Å². The van der Waals surface area contributed by atoms with Crippen LogP contribution < -0.4 is 5.32 Å². The fraction of sp³-hybridized carbons (Fsp3) is 0.273. The summed E-state index contributed by atoms with van der Waals surface area (Å²) < 4.78 is 0.711. The zero-order valence-electron chi connectivity index (χ0n) is 8.72. The highest BCUT2D eigenvalue weighted by molar-refractivity contribution is 9.10. The Hall–Kier alpha value is -0.870. The lowest BCUT2D eigenvalue weighted by atomic mass is 10.1. The van der Waals surface area contributed by atoms with Gasteiger partial charge in [-0.2, -0.15) is 0 Å². The molecule has 3 nitrogen and oxygen atoms in total. The molecule has 0 atom stereocenters. The summed E-state index contributed by atoms with van der Waals surface area (Å²) in [6.45, 7) is 1.89. The monoisotopic (exact) mass is 303 g/mol. The lowest BCUT2D eigenvalue weighted by molar-refractivity contribution is -0.115. The molecule has 0 bridgehead atoms. The lowest BCUT2D eigenvalue weighted by Crippen LogP contribution is -2.30. The molecule has 0 saturated carbocycles. The van der Waals surface area contributed by atoms with Crippen molar-refractivity contribution in [2.45, 2.75) is 6.92 Å². The number of hydrogen-bond acceptors (Lipinski definition) is 2. The van der Waals surface area contributed by atoms with Gasteiger partial charge in [-0.3, -0.25) is 9.59 Å². The van der Waals surface area contributed by atoms with Crippen LogP contribution in [0, 0.1) is 6.92 Å². The third-order valence-electron chi connectivity index (χ3n) is 1.96. The number of hydrogen-bond donors (Lipinski definition) is 1. The van der Waals surface area contributed by atoms with Gasteiger partial charge in [-0.05, 0) is 40.5 Å². The van der Waals surface area contributed by atoms with E-state index in [0.29, 0.717) is 10.0 Å². The maximum absolute atomic E-state index is 11.7. The maximum atomic E-state index is 11.7. The van der Waals surface area contributed by atoms with E-state index in [1.54, 1.807) is 6.07 Å². The van der Waals surface area contributed by atoms with Crippen molar-refractivity contribution in [3.05, 3.63) is 33.8 Å². The Morgan fingerprint density at radius 1 is 1.44 bits per heavy atom. The quantitative estimate of drug-likeness (QED) is 0.868. The van der Waals surface area contributed by atoms with Crippen LogP contribution in [0.4, 0.5) is 0 Å². The molecule has 1 rings (SSSR count). The SMILES string of the molecule is Cc1ccc(C(=O)NCC(=O)CCl)c(Br)c1. The maximum Gasteiger partial charge on any atom is 0.252 e. The second-order valence-electron chi connectivity index (χ2n) is 3.34. The van der Waals surface area contributed by atoms with E-state index >= 15 is 0 Å². The fourth-order valence-corrected chi connectivity index (χ4v) is 1.89. The van der Waals surface area contributed by atoms with Crippen molar-refractivity contribution in [3.63, 3.8) is 0 Å². The van der Waals surface area contributed by atoms with E-state index in [-0.39, 0.29) is 24.1 Å². The van der Waals surface area contributed by atoms with Gasteiger partial charge < -0.3 is 5.32 Å². The van der Waals surface area contributed by atoms with Gasteiger partial charge in [-0.25, -0.2) is 0 Å². The van der Waals surface area contributed by atoms with Crippen molar-refractivity contribution >= 4 is 39.2 Å². The first-order chi connectivity index (χ1) is 7.54. The summed E-state index contributed by atoms with van der Waals surface area (Å²) in [5.41, 5.74) is 1.56. The predicted molar refractivity (Wildman–Crippen MR) is 66.9 cm³/mol. The summed E-state index contributed by atoms with van der Waals surface area (Å²) in [5, 5.41) is 2.51. The summed E-state index contributed by atoms with van der Waals surface area (Å²) in [5.74, 6) is -0.585. The van der Waals surface area contributed by atoms with Gasteiger partial charge in [-0.15, -0.1) is 11.6 Å². The second kappa shape index (κ2) is 6.01. The molecule has 0 aliphatic carbocycles. The number of ketones is 1. The normalized spacial score (nSPS) is 9.94. The molecule has 0 aliphatic rings. The molecule has 1 aromatic carbocycles. The number of carbonyl (C=O) groups excluding carboxylic acids is 2. The number of rotatable bonds is 4. The molecule has 1 aromatic rings. The average Bonchev–Trinajstić information content (AvgIpc) is 2.25. The Balaban J connectivity index is 2.70. The fourth-order valence-electron chi connectivity index (χ4n) is 1.13. The van der Waals surface area contributed by atoms with Crippen molar-refractivity contribution < 1.29 is 9.59 Å². The molecule has 16 heavy (non-hydrogen) atoms. The summed E-state index contributed by atoms with van der Waals surface area (Å²) in [7, 11) is 0. The molecule has 0 heterocycles. The third kappa shape index (κ3) is 3.61. The number of Topliss-reactive ketones (excluding diaryl/α,β-unsaturated/α-hetero) is 1. The van der Waals surface area contributed by atoms with Crippen molar-refractivity contribution in [1.29, 1.82) is 0 Å². The number of aryl methyl sites for hydroxylation is 1. The first kappa shape index (κ1) is 13.2. The number of carbonyl (C=O) groups is 2. The molecule has 0 spiro atoms. The van der Waals surface area contributed by atoms with Crippen LogP contribution in [0.1, 0.15) is 15.9 Å². The van der Waals surface area contributed by atoms with E-state index in [9.17, 15) is 9.59 Å². The number of benzene rings is 1. The summed E-state index contributed by atoms with van der Waals surface area (Å²) in [4.78, 5) is 22.6. The molecule has 1 amide bonds. The van der Waals surface area contributed by atoms with Gasteiger partial charge in [0.2, 0.25) is 0 Å². The predicted octanol–water partition coefficient (Wildman–Crippen LogP) is 2.30. The highest BCUT2D eigenvalue weighted by atomic mass is 79.9. The molecule has 0 fully saturated rings. The van der Waals surface area contributed by atoms with Crippen LogP contribution in [0.5, 0.6) is 0 Å². The van der Waals surface area contributed by atoms with E-state index in [1.807, 2.05) is 19.1 Å². The van der Waals surface area contributed by atoms with Crippen molar-refractivity contribution in [2.24, 2.45) is 0 Å². The van der Waals surface area contributed by atoms with Crippen LogP contribution in [0.3, 0.4) is 0 Å². The van der Waals surface area contributed by atoms with Gasteiger partial charge in [0.05, 0.1) is 18.0 Å². The molecule has 5 heteroatoms. The van der Waals surface area contributed by atoms with Gasteiger partial charge in [0.25, 0.3) is 5.91 Å². The highest BCUT2D eigenvalue weighted by Crippen LogP contribution is 2.17. The Kier molecular flexibility index (Phi) is 4.96. The van der Waals surface area contributed by atoms with Crippen LogP contribution in [-0.4, -0.2) is 24.1 Å². The average molecular weight is 305 g/mol. The smallest absolute Gasteiger partial charge is 0.252 e. The van der Waals surface area contributed by atoms with Crippen molar-refractivity contribution in [2.75, 3.05) is 12.4 Å². The van der Waals surface area contributed by atoms with Crippen LogP contribution in [0.2, 0.25) is 0 Å². The minimum atomic E-state index is -0.287. The van der Waals surface area contributed by atoms with E-state index in [1.165, 1.54) is 0 Å². The molecule has 0 aromatic heterocycles. The van der Waals surface area contributed by atoms with E-state index in [4.69, 9.17) is 11.6 Å². The Bertz CT molecular complexity index is 420. The summed E-state index contributed by atoms with van der Waals surface area (Å²) in [6, 6.07) is 5.39. The number of alkyl halides is 1. The standard InChI is InChI=1S/C11H11BrClNO2/c1-7-2-3-9(10(12)4-7)11(16)14-6-8(15)5-13/h2-4H,5-6H2,1H3,(H,14,16). The molecule has 0 unspecified atom stereocenters. The number of halogens is 2. The van der Waals surface area contributed by atoms with Gasteiger partial charge in [0.15, 0.2) is 5.78 Å². The van der Waals surface area contributed by atoms with E-state index in [2.05, 4.69) is 21.2 Å². The highest BCUT2D eigenvalue weighted by Gasteiger charge is 2.10. The molecule has 0 aliphatic heterocycles. The van der Waals surface area contributed by atoms with Gasteiger partial charge in [-0.1, -0.05) is 6.07 Å². The van der Waals surface area contributed by atoms with Crippen molar-refractivity contribution in [1.82, 2.24) is 5.32 Å². The van der Waals surface area contributed by atoms with Crippen LogP contribution in [0.25, 0.3) is 0 Å². The number of nitrogens with one attached hydrogen (secondary N) is 1. The molecule has 0 saturated heterocycles. The minimum absolute atomic E-state index is 0.0390. The molecule has 1 N–H and O–H groups in total. The first-order valence-electron chi connectivity index (χ1n) is 4.66. The van der Waals surface area contributed by atoms with Crippen LogP contribution in [0.15, 0.2) is 22.7 Å². The van der Waals surface area contributed by atoms with Crippen LogP contribution in [-0.2, 0) is 4.79 Å². The van der Waals surface area contributed by atoms with Crippen LogP contribution >= 0.6 is 27.5 Å². The molecule has 86 valence electrons. The van der Waals surface area contributed by atoms with E-state index < -0.39 is 0 Å². The first-order valence-corrected chi connectivity index (χ1v) is 5.99.